The molecule has 2 N–H and O–H groups in total. The zero-order chi connectivity index (χ0) is 20.3. The summed E-state index contributed by atoms with van der Waals surface area (Å²) >= 11 is 0. The van der Waals surface area contributed by atoms with Gasteiger partial charge in [0.05, 0.1) is 4.90 Å². The van der Waals surface area contributed by atoms with Crippen LogP contribution in [0.5, 0.6) is 0 Å². The van der Waals surface area contributed by atoms with Gasteiger partial charge >= 0.3 is 11.9 Å². The topological polar surface area (TPSA) is 127 Å². The van der Waals surface area contributed by atoms with Gasteiger partial charge in [-0.1, -0.05) is 12.1 Å². The zero-order valence-corrected chi connectivity index (χ0v) is 15.1. The Balaban J connectivity index is 2.03. The first-order valence-corrected chi connectivity index (χ1v) is 9.36. The van der Waals surface area contributed by atoms with Crippen LogP contribution in [0.2, 0.25) is 0 Å². The number of pyridine rings is 1. The number of carbonyl (C=O) groups is 2. The Morgan fingerprint density at radius 3 is 2.32 bits per heavy atom. The van der Waals surface area contributed by atoms with Crippen molar-refractivity contribution in [2.24, 2.45) is 0 Å². The highest BCUT2D eigenvalue weighted by molar-refractivity contribution is 7.90. The molecule has 0 atom stereocenters. The van der Waals surface area contributed by atoms with E-state index in [1.54, 1.807) is 18.2 Å². The van der Waals surface area contributed by atoms with Crippen molar-refractivity contribution >= 4 is 45.1 Å². The number of aliphatic carboxylic acids is 2. The highest BCUT2D eigenvalue weighted by Crippen LogP contribution is 2.23. The maximum Gasteiger partial charge on any atom is 0.328 e. The van der Waals surface area contributed by atoms with Gasteiger partial charge < -0.3 is 10.2 Å². The summed E-state index contributed by atoms with van der Waals surface area (Å²) in [5.74, 6) is -2.24. The van der Waals surface area contributed by atoms with Gasteiger partial charge in [0.25, 0.3) is 10.0 Å². The first-order chi connectivity index (χ1) is 13.3. The van der Waals surface area contributed by atoms with Crippen molar-refractivity contribution in [2.75, 3.05) is 0 Å². The van der Waals surface area contributed by atoms with Crippen molar-refractivity contribution in [2.45, 2.75) is 4.90 Å². The van der Waals surface area contributed by atoms with E-state index >= 15 is 0 Å². The summed E-state index contributed by atoms with van der Waals surface area (Å²) in [7, 11) is -3.96. The second-order valence-corrected chi connectivity index (χ2v) is 7.53. The summed E-state index contributed by atoms with van der Waals surface area (Å²) in [5, 5.41) is 17.9. The fraction of sp³-hybridized carbons (Fsp3) is 0. The molecule has 28 heavy (non-hydrogen) atoms. The third kappa shape index (κ3) is 3.99. The van der Waals surface area contributed by atoms with Gasteiger partial charge in [-0.25, -0.2) is 27.0 Å². The first kappa shape index (κ1) is 19.1. The van der Waals surface area contributed by atoms with Gasteiger partial charge in [0, 0.05) is 29.9 Å². The van der Waals surface area contributed by atoms with E-state index in [1.807, 2.05) is 0 Å². The van der Waals surface area contributed by atoms with Crippen molar-refractivity contribution in [1.29, 1.82) is 0 Å². The number of hydrogen-bond acceptors (Lipinski definition) is 5. The molecular weight excluding hydrogens is 384 g/mol. The highest BCUT2D eigenvalue weighted by atomic mass is 32.2. The van der Waals surface area contributed by atoms with Crippen LogP contribution < -0.4 is 0 Å². The number of benzene rings is 1. The number of hydrogen-bond donors (Lipinski definition) is 2. The molecule has 0 bridgehead atoms. The molecule has 0 radical (unpaired) electrons. The molecule has 0 aliphatic rings. The fourth-order valence-corrected chi connectivity index (χ4v) is 3.89. The molecule has 0 aliphatic heterocycles. The molecule has 0 amide bonds. The van der Waals surface area contributed by atoms with Crippen LogP contribution in [-0.2, 0) is 19.6 Å². The molecule has 8 nitrogen and oxygen atoms in total. The van der Waals surface area contributed by atoms with Gasteiger partial charge in [-0.05, 0) is 47.5 Å². The predicted octanol–water partition coefficient (Wildman–Crippen LogP) is 2.47. The maximum absolute atomic E-state index is 13.0. The highest BCUT2D eigenvalue weighted by Gasteiger charge is 2.20. The molecule has 0 fully saturated rings. The van der Waals surface area contributed by atoms with E-state index < -0.39 is 22.0 Å². The fourth-order valence-electron chi connectivity index (χ4n) is 2.53. The lowest BCUT2D eigenvalue weighted by molar-refractivity contribution is -0.132. The van der Waals surface area contributed by atoms with E-state index in [4.69, 9.17) is 10.2 Å². The molecule has 0 aliphatic carbocycles. The Morgan fingerprint density at radius 1 is 0.964 bits per heavy atom. The lowest BCUT2D eigenvalue weighted by atomic mass is 10.2. The molecular formula is C19H14N2O6S. The van der Waals surface area contributed by atoms with Crippen molar-refractivity contribution < 1.29 is 28.2 Å². The number of carboxylic acids is 2. The molecule has 1 aromatic carbocycles. The quantitative estimate of drug-likeness (QED) is 0.611. The van der Waals surface area contributed by atoms with Gasteiger partial charge in [0.15, 0.2) is 5.65 Å². The molecule has 0 unspecified atom stereocenters. The second-order valence-electron chi connectivity index (χ2n) is 5.71. The Morgan fingerprint density at radius 2 is 1.64 bits per heavy atom. The monoisotopic (exact) mass is 398 g/mol. The molecule has 2 aromatic heterocycles. The first-order valence-electron chi connectivity index (χ1n) is 7.92. The molecule has 2 heterocycles. The Bertz CT molecular complexity index is 1240. The molecule has 0 spiro atoms. The average Bonchev–Trinajstić information content (AvgIpc) is 3.09. The second kappa shape index (κ2) is 7.49. The minimum absolute atomic E-state index is 0.0193. The lowest BCUT2D eigenvalue weighted by Crippen LogP contribution is -2.12. The standard InChI is InChI=1S/C19H14N2O6S/c22-17(23)6-4-13-2-1-3-16(11-13)28(26,27)21-9-8-15-10-14(5-7-18(24)25)12-20-19(15)21/h1-12H,(H,22,23)(H,24,25). The summed E-state index contributed by atoms with van der Waals surface area (Å²) < 4.78 is 27.0. The number of fused-ring (bicyclic) bond motifs is 1. The van der Waals surface area contributed by atoms with E-state index in [0.29, 0.717) is 16.5 Å². The lowest BCUT2D eigenvalue weighted by Gasteiger charge is -2.08. The van der Waals surface area contributed by atoms with Crippen molar-refractivity contribution in [1.82, 2.24) is 8.96 Å². The summed E-state index contributed by atoms with van der Waals surface area (Å²) in [5.41, 5.74) is 1.14. The predicted molar refractivity (Wildman–Crippen MR) is 102 cm³/mol. The average molecular weight is 398 g/mol. The van der Waals surface area contributed by atoms with E-state index in [-0.39, 0.29) is 10.5 Å². The van der Waals surface area contributed by atoms with Crippen molar-refractivity contribution in [3.05, 3.63) is 72.1 Å². The van der Waals surface area contributed by atoms with E-state index in [0.717, 1.165) is 16.1 Å². The van der Waals surface area contributed by atoms with Crippen LogP contribution >= 0.6 is 0 Å². The van der Waals surface area contributed by atoms with Crippen LogP contribution in [0.4, 0.5) is 0 Å². The maximum atomic E-state index is 13.0. The van der Waals surface area contributed by atoms with Gasteiger partial charge in [0.1, 0.15) is 0 Å². The third-order valence-corrected chi connectivity index (χ3v) is 5.43. The van der Waals surface area contributed by atoms with Crippen LogP contribution in [-0.4, -0.2) is 39.5 Å². The normalized spacial score (nSPS) is 12.1. The molecule has 0 saturated carbocycles. The number of carboxylic acid groups (broad SMARTS) is 2. The van der Waals surface area contributed by atoms with Crippen LogP contribution in [0.15, 0.2) is 65.8 Å². The summed E-state index contributed by atoms with van der Waals surface area (Å²) in [4.78, 5) is 25.4. The Labute approximate surface area is 159 Å². The van der Waals surface area contributed by atoms with E-state index in [2.05, 4.69) is 4.98 Å². The summed E-state index contributed by atoms with van der Waals surface area (Å²) in [6, 6.07) is 9.06. The zero-order valence-electron chi connectivity index (χ0n) is 14.3. The number of aromatic nitrogens is 2. The summed E-state index contributed by atoms with van der Waals surface area (Å²) in [6.07, 6.45) is 7.28. The number of nitrogens with zero attached hydrogens (tertiary/aromatic N) is 2. The van der Waals surface area contributed by atoms with Crippen LogP contribution in [0, 0.1) is 0 Å². The molecule has 3 aromatic rings. The van der Waals surface area contributed by atoms with Crippen LogP contribution in [0.1, 0.15) is 11.1 Å². The van der Waals surface area contributed by atoms with Gasteiger partial charge in [-0.3, -0.25) is 0 Å². The van der Waals surface area contributed by atoms with Crippen molar-refractivity contribution in [3.8, 4) is 0 Å². The van der Waals surface area contributed by atoms with Gasteiger partial charge in [0.2, 0.25) is 0 Å². The smallest absolute Gasteiger partial charge is 0.328 e. The van der Waals surface area contributed by atoms with Gasteiger partial charge in [-0.2, -0.15) is 0 Å². The Kier molecular flexibility index (Phi) is 5.10. The molecule has 0 saturated heterocycles. The molecule has 9 heteroatoms. The minimum Gasteiger partial charge on any atom is -0.478 e. The van der Waals surface area contributed by atoms with E-state index in [9.17, 15) is 18.0 Å². The Hall–Kier alpha value is -3.72. The summed E-state index contributed by atoms with van der Waals surface area (Å²) in [6.45, 7) is 0. The van der Waals surface area contributed by atoms with Crippen LogP contribution in [0.25, 0.3) is 23.2 Å². The minimum atomic E-state index is -3.96. The SMILES string of the molecule is O=C(O)C=Cc1cccc(S(=O)(=O)n2ccc3cc(C=CC(=O)O)cnc32)c1. The van der Waals surface area contributed by atoms with Crippen molar-refractivity contribution in [3.63, 3.8) is 0 Å². The van der Waals surface area contributed by atoms with E-state index in [1.165, 1.54) is 42.7 Å². The number of rotatable bonds is 6. The third-order valence-electron chi connectivity index (χ3n) is 3.77. The largest absolute Gasteiger partial charge is 0.478 e. The van der Waals surface area contributed by atoms with Gasteiger partial charge in [-0.15, -0.1) is 0 Å². The van der Waals surface area contributed by atoms with Crippen LogP contribution in [0.3, 0.4) is 0 Å². The molecule has 142 valence electrons. The molecule has 3 rings (SSSR count).